The van der Waals surface area contributed by atoms with E-state index in [0.717, 1.165) is 42.7 Å². The van der Waals surface area contributed by atoms with E-state index in [9.17, 15) is 5.11 Å². The Labute approximate surface area is 97.3 Å². The number of nitrogens with one attached hydrogen (secondary N) is 1. The molecule has 5 nitrogen and oxygen atoms in total. The van der Waals surface area contributed by atoms with Gasteiger partial charge in [0.05, 0.1) is 12.3 Å². The van der Waals surface area contributed by atoms with Crippen molar-refractivity contribution in [3.63, 3.8) is 0 Å². The number of rotatable bonds is 2. The molecule has 2 aromatic heterocycles. The largest absolute Gasteiger partial charge is 0.390 e. The highest BCUT2D eigenvalue weighted by Gasteiger charge is 2.19. The Bertz CT molecular complexity index is 486. The Kier molecular flexibility index (Phi) is 2.55. The third-order valence-electron chi connectivity index (χ3n) is 2.91. The minimum Gasteiger partial charge on any atom is -0.390 e. The maximum Gasteiger partial charge on any atom is 0.195 e. The zero-order valence-electron chi connectivity index (χ0n) is 8.89. The highest BCUT2D eigenvalue weighted by Crippen LogP contribution is 2.24. The van der Waals surface area contributed by atoms with E-state index >= 15 is 0 Å². The zero-order valence-corrected chi connectivity index (χ0v) is 9.70. The van der Waals surface area contributed by atoms with Gasteiger partial charge in [-0.1, -0.05) is 0 Å². The summed E-state index contributed by atoms with van der Waals surface area (Å²) in [5.41, 5.74) is 0.901. The lowest BCUT2D eigenvalue weighted by atomic mass is 10.3. The number of nitrogens with zero attached hydrogens (tertiary/aromatic N) is 3. The van der Waals surface area contributed by atoms with Crippen LogP contribution in [0.5, 0.6) is 0 Å². The predicted molar refractivity (Wildman–Crippen MR) is 64.1 cm³/mol. The Morgan fingerprint density at radius 1 is 1.44 bits per heavy atom. The summed E-state index contributed by atoms with van der Waals surface area (Å²) in [6.07, 6.45) is 1.96. The molecular formula is C10H14N4OS. The van der Waals surface area contributed by atoms with Crippen LogP contribution in [-0.4, -0.2) is 40.7 Å². The molecule has 1 aliphatic heterocycles. The van der Waals surface area contributed by atoms with E-state index < -0.39 is 0 Å². The Hall–Kier alpha value is -1.11. The molecule has 86 valence electrons. The first kappa shape index (κ1) is 10.1. The van der Waals surface area contributed by atoms with Gasteiger partial charge in [0.2, 0.25) is 0 Å². The summed E-state index contributed by atoms with van der Waals surface area (Å²) in [4.78, 5) is 7.78. The van der Waals surface area contributed by atoms with Gasteiger partial charge >= 0.3 is 0 Å². The molecule has 0 aliphatic carbocycles. The second-order valence-electron chi connectivity index (χ2n) is 3.83. The fourth-order valence-electron chi connectivity index (χ4n) is 2.10. The first-order chi connectivity index (χ1) is 7.90. The van der Waals surface area contributed by atoms with Crippen LogP contribution in [0, 0.1) is 0 Å². The quantitative estimate of drug-likeness (QED) is 0.790. The highest BCUT2D eigenvalue weighted by atomic mass is 32.1. The van der Waals surface area contributed by atoms with Crippen LogP contribution in [0.15, 0.2) is 11.6 Å². The summed E-state index contributed by atoms with van der Waals surface area (Å²) in [6, 6.07) is 0. The third kappa shape index (κ3) is 1.50. The van der Waals surface area contributed by atoms with E-state index in [1.807, 2.05) is 16.0 Å². The number of aliphatic hydroxyl groups is 1. The topological polar surface area (TPSA) is 52.8 Å². The molecule has 2 N–H and O–H groups in total. The molecule has 16 heavy (non-hydrogen) atoms. The number of imidazole rings is 1. The van der Waals surface area contributed by atoms with E-state index in [2.05, 4.69) is 15.2 Å². The Morgan fingerprint density at radius 3 is 3.00 bits per heavy atom. The first-order valence-electron chi connectivity index (χ1n) is 5.41. The van der Waals surface area contributed by atoms with Gasteiger partial charge in [0, 0.05) is 37.8 Å². The van der Waals surface area contributed by atoms with Crippen molar-refractivity contribution in [2.45, 2.75) is 6.61 Å². The van der Waals surface area contributed by atoms with Crippen LogP contribution in [0.3, 0.4) is 0 Å². The molecule has 3 heterocycles. The molecule has 2 aromatic rings. The molecule has 0 amide bonds. The summed E-state index contributed by atoms with van der Waals surface area (Å²) in [6.45, 7) is 3.92. The average Bonchev–Trinajstić information content (AvgIpc) is 2.89. The van der Waals surface area contributed by atoms with Crippen molar-refractivity contribution in [1.29, 1.82) is 0 Å². The van der Waals surface area contributed by atoms with E-state index in [1.54, 1.807) is 11.3 Å². The van der Waals surface area contributed by atoms with Gasteiger partial charge in [0.1, 0.15) is 0 Å². The minimum absolute atomic E-state index is 0.0389. The smallest absolute Gasteiger partial charge is 0.195 e. The summed E-state index contributed by atoms with van der Waals surface area (Å²) >= 11 is 1.60. The van der Waals surface area contributed by atoms with E-state index in [-0.39, 0.29) is 6.61 Å². The predicted octanol–water partition coefficient (Wildman–Crippen LogP) is 0.298. The second-order valence-corrected chi connectivity index (χ2v) is 4.71. The molecule has 0 saturated carbocycles. The molecule has 0 unspecified atom stereocenters. The lowest BCUT2D eigenvalue weighted by Crippen LogP contribution is -2.44. The van der Waals surface area contributed by atoms with Crippen LogP contribution in [0.25, 0.3) is 4.96 Å². The van der Waals surface area contributed by atoms with Gasteiger partial charge in [-0.25, -0.2) is 4.98 Å². The number of anilines is 1. The van der Waals surface area contributed by atoms with Crippen LogP contribution in [-0.2, 0) is 6.61 Å². The minimum atomic E-state index is 0.0389. The van der Waals surface area contributed by atoms with Crippen molar-refractivity contribution in [2.24, 2.45) is 0 Å². The molecule has 0 spiro atoms. The summed E-state index contributed by atoms with van der Waals surface area (Å²) in [5.74, 6) is 0.941. The van der Waals surface area contributed by atoms with Crippen molar-refractivity contribution in [1.82, 2.24) is 14.7 Å². The molecule has 0 radical (unpaired) electrons. The average molecular weight is 238 g/mol. The standard InChI is InChI=1S/C10H14N4OS/c15-7-8-9(13-3-1-11-2-4-13)12-10-14(8)5-6-16-10/h5-6,11,15H,1-4,7H2. The molecule has 0 aromatic carbocycles. The molecule has 0 atom stereocenters. The molecule has 1 saturated heterocycles. The number of hydrogen-bond acceptors (Lipinski definition) is 5. The zero-order chi connectivity index (χ0) is 11.0. The van der Waals surface area contributed by atoms with Gasteiger partial charge in [0.15, 0.2) is 10.8 Å². The molecule has 1 fully saturated rings. The van der Waals surface area contributed by atoms with E-state index in [0.29, 0.717) is 0 Å². The second kappa shape index (κ2) is 4.04. The van der Waals surface area contributed by atoms with Gasteiger partial charge < -0.3 is 15.3 Å². The number of thiazole rings is 1. The fraction of sp³-hybridized carbons (Fsp3) is 0.500. The highest BCUT2D eigenvalue weighted by molar-refractivity contribution is 7.15. The summed E-state index contributed by atoms with van der Waals surface area (Å²) in [7, 11) is 0. The number of piperazine rings is 1. The number of fused-ring (bicyclic) bond motifs is 1. The molecule has 6 heteroatoms. The van der Waals surface area contributed by atoms with Crippen LogP contribution >= 0.6 is 11.3 Å². The SMILES string of the molecule is OCc1c(N2CCNCC2)nc2sccn12. The first-order valence-corrected chi connectivity index (χ1v) is 6.29. The Balaban J connectivity index is 2.03. The van der Waals surface area contributed by atoms with Gasteiger partial charge in [-0.2, -0.15) is 0 Å². The normalized spacial score (nSPS) is 17.2. The summed E-state index contributed by atoms with van der Waals surface area (Å²) < 4.78 is 1.97. The van der Waals surface area contributed by atoms with Gasteiger partial charge in [0.25, 0.3) is 0 Å². The summed E-state index contributed by atoms with van der Waals surface area (Å²) in [5, 5.41) is 14.8. The lowest BCUT2D eigenvalue weighted by molar-refractivity contribution is 0.276. The number of aromatic nitrogens is 2. The van der Waals surface area contributed by atoms with E-state index in [4.69, 9.17) is 0 Å². The fourth-order valence-corrected chi connectivity index (χ4v) is 2.83. The maximum absolute atomic E-state index is 9.46. The monoisotopic (exact) mass is 238 g/mol. The molecular weight excluding hydrogens is 224 g/mol. The number of aliphatic hydroxyl groups excluding tert-OH is 1. The molecule has 0 bridgehead atoms. The van der Waals surface area contributed by atoms with Gasteiger partial charge in [-0.15, -0.1) is 11.3 Å². The van der Waals surface area contributed by atoms with E-state index in [1.165, 1.54) is 0 Å². The van der Waals surface area contributed by atoms with Gasteiger partial charge in [-0.3, -0.25) is 4.40 Å². The maximum atomic E-state index is 9.46. The Morgan fingerprint density at radius 2 is 2.25 bits per heavy atom. The molecule has 3 rings (SSSR count). The van der Waals surface area contributed by atoms with Crippen LogP contribution in [0.4, 0.5) is 5.82 Å². The lowest BCUT2D eigenvalue weighted by Gasteiger charge is -2.28. The van der Waals surface area contributed by atoms with Crippen molar-refractivity contribution < 1.29 is 5.11 Å². The van der Waals surface area contributed by atoms with Crippen LogP contribution in [0.1, 0.15) is 5.69 Å². The van der Waals surface area contributed by atoms with Crippen molar-refractivity contribution in [3.8, 4) is 0 Å². The van der Waals surface area contributed by atoms with Gasteiger partial charge in [-0.05, 0) is 0 Å². The van der Waals surface area contributed by atoms with Crippen molar-refractivity contribution in [3.05, 3.63) is 17.3 Å². The van der Waals surface area contributed by atoms with Crippen molar-refractivity contribution >= 4 is 22.1 Å². The van der Waals surface area contributed by atoms with Crippen molar-refractivity contribution in [2.75, 3.05) is 31.1 Å². The van der Waals surface area contributed by atoms with Crippen LogP contribution < -0.4 is 10.2 Å². The third-order valence-corrected chi connectivity index (χ3v) is 3.66. The van der Waals surface area contributed by atoms with Crippen LogP contribution in [0.2, 0.25) is 0 Å². The number of hydrogen-bond donors (Lipinski definition) is 2. The molecule has 1 aliphatic rings.